The van der Waals surface area contributed by atoms with E-state index in [9.17, 15) is 14.7 Å². The molecule has 1 heterocycles. The van der Waals surface area contributed by atoms with E-state index < -0.39 is 12.0 Å². The molecule has 0 unspecified atom stereocenters. The molecule has 0 radical (unpaired) electrons. The Morgan fingerprint density at radius 1 is 1.22 bits per heavy atom. The van der Waals surface area contributed by atoms with Crippen molar-refractivity contribution in [3.63, 3.8) is 0 Å². The summed E-state index contributed by atoms with van der Waals surface area (Å²) >= 11 is 0. The van der Waals surface area contributed by atoms with Gasteiger partial charge in [0.05, 0.1) is 12.0 Å². The molecule has 0 aliphatic carbocycles. The van der Waals surface area contributed by atoms with Crippen molar-refractivity contribution in [1.82, 2.24) is 19.8 Å². The number of carbonyl (C=O) groups excluding carboxylic acids is 1. The first-order chi connectivity index (χ1) is 13.0. The number of benzene rings is 1. The van der Waals surface area contributed by atoms with Crippen LogP contribution in [0.5, 0.6) is 0 Å². The van der Waals surface area contributed by atoms with Crippen molar-refractivity contribution in [3.05, 3.63) is 54.1 Å². The number of amides is 1. The van der Waals surface area contributed by atoms with Gasteiger partial charge in [-0.05, 0) is 18.7 Å². The van der Waals surface area contributed by atoms with Gasteiger partial charge in [-0.25, -0.2) is 9.78 Å². The van der Waals surface area contributed by atoms with E-state index in [-0.39, 0.29) is 18.7 Å². The Kier molecular flexibility index (Phi) is 8.00. The monoisotopic (exact) mass is 372 g/mol. The minimum Gasteiger partial charge on any atom is -0.480 e. The van der Waals surface area contributed by atoms with E-state index in [1.165, 1.54) is 0 Å². The summed E-state index contributed by atoms with van der Waals surface area (Å²) in [7, 11) is 0. The van der Waals surface area contributed by atoms with Crippen molar-refractivity contribution in [2.75, 3.05) is 19.6 Å². The van der Waals surface area contributed by atoms with Gasteiger partial charge in [-0.2, -0.15) is 0 Å². The number of aliphatic carboxylic acids is 1. The van der Waals surface area contributed by atoms with Crippen LogP contribution < -0.4 is 5.32 Å². The lowest BCUT2D eigenvalue weighted by molar-refractivity contribution is -0.141. The van der Waals surface area contributed by atoms with Crippen molar-refractivity contribution in [2.45, 2.75) is 39.3 Å². The van der Waals surface area contributed by atoms with Crippen molar-refractivity contribution in [3.8, 4) is 0 Å². The molecule has 7 nitrogen and oxygen atoms in total. The fraction of sp³-hybridized carbons (Fsp3) is 0.450. The van der Waals surface area contributed by atoms with Gasteiger partial charge >= 0.3 is 5.97 Å². The van der Waals surface area contributed by atoms with Gasteiger partial charge in [0.2, 0.25) is 5.91 Å². The van der Waals surface area contributed by atoms with Gasteiger partial charge in [-0.1, -0.05) is 44.2 Å². The molecule has 0 fully saturated rings. The first-order valence-corrected chi connectivity index (χ1v) is 9.30. The molecular weight excluding hydrogens is 344 g/mol. The predicted molar refractivity (Wildman–Crippen MR) is 103 cm³/mol. The van der Waals surface area contributed by atoms with Crippen LogP contribution in [0, 0.1) is 0 Å². The Morgan fingerprint density at radius 3 is 2.56 bits per heavy atom. The lowest BCUT2D eigenvalue weighted by Gasteiger charge is -2.18. The highest BCUT2D eigenvalue weighted by atomic mass is 16.4. The van der Waals surface area contributed by atoms with Gasteiger partial charge in [0, 0.05) is 32.1 Å². The number of carboxylic acid groups (broad SMARTS) is 1. The molecule has 1 atom stereocenters. The van der Waals surface area contributed by atoms with Gasteiger partial charge in [0.15, 0.2) is 0 Å². The van der Waals surface area contributed by atoms with E-state index in [0.717, 1.165) is 18.7 Å². The second kappa shape index (κ2) is 10.5. The highest BCUT2D eigenvalue weighted by Crippen LogP contribution is 2.06. The Hall–Kier alpha value is -2.67. The van der Waals surface area contributed by atoms with Gasteiger partial charge in [-0.15, -0.1) is 0 Å². The van der Waals surface area contributed by atoms with E-state index in [4.69, 9.17) is 0 Å². The number of hydrogen-bond donors (Lipinski definition) is 2. The van der Waals surface area contributed by atoms with Crippen LogP contribution in [0.4, 0.5) is 0 Å². The maximum atomic E-state index is 12.1. The number of rotatable bonds is 11. The number of nitrogens with one attached hydrogen (secondary N) is 1. The normalized spacial score (nSPS) is 12.1. The topological polar surface area (TPSA) is 87.5 Å². The van der Waals surface area contributed by atoms with Crippen molar-refractivity contribution >= 4 is 11.9 Å². The highest BCUT2D eigenvalue weighted by molar-refractivity contribution is 5.83. The van der Waals surface area contributed by atoms with Crippen molar-refractivity contribution < 1.29 is 14.7 Å². The standard InChI is InChI=1S/C20H28N4O3/c1-3-23(4-2)11-10-19(25)22-18(20(26)27)12-17-14-24(15-21-17)13-16-8-6-5-7-9-16/h5-9,14-15,18H,3-4,10-13H2,1-2H3,(H,22,25)(H,26,27)/t18-/m0/s1. The van der Waals surface area contributed by atoms with Crippen LogP contribution in [0.15, 0.2) is 42.9 Å². The zero-order valence-corrected chi connectivity index (χ0v) is 16.0. The molecule has 1 amide bonds. The zero-order valence-electron chi connectivity index (χ0n) is 16.0. The molecule has 0 aliphatic heterocycles. The maximum Gasteiger partial charge on any atom is 0.326 e. The molecule has 1 aromatic carbocycles. The number of nitrogens with zero attached hydrogens (tertiary/aromatic N) is 3. The molecular formula is C20H28N4O3. The van der Waals surface area contributed by atoms with E-state index >= 15 is 0 Å². The highest BCUT2D eigenvalue weighted by Gasteiger charge is 2.21. The Bertz CT molecular complexity index is 726. The summed E-state index contributed by atoms with van der Waals surface area (Å²) in [5.74, 6) is -1.30. The fourth-order valence-electron chi connectivity index (χ4n) is 2.87. The van der Waals surface area contributed by atoms with Crippen molar-refractivity contribution in [1.29, 1.82) is 0 Å². The molecule has 0 saturated carbocycles. The lowest BCUT2D eigenvalue weighted by Crippen LogP contribution is -2.43. The molecule has 1 aromatic heterocycles. The summed E-state index contributed by atoms with van der Waals surface area (Å²) in [5.41, 5.74) is 1.78. The average molecular weight is 372 g/mol. The summed E-state index contributed by atoms with van der Waals surface area (Å²) in [6.07, 6.45) is 3.95. The van der Waals surface area contributed by atoms with E-state index in [1.807, 2.05) is 54.9 Å². The van der Waals surface area contributed by atoms with Crippen molar-refractivity contribution in [2.24, 2.45) is 0 Å². The van der Waals surface area contributed by atoms with Gasteiger partial charge < -0.3 is 19.9 Å². The number of aromatic nitrogens is 2. The molecule has 2 aromatic rings. The molecule has 146 valence electrons. The number of hydrogen-bond acceptors (Lipinski definition) is 4. The van der Waals surface area contributed by atoms with E-state index in [1.54, 1.807) is 6.33 Å². The maximum absolute atomic E-state index is 12.1. The molecule has 27 heavy (non-hydrogen) atoms. The minimum atomic E-state index is -1.05. The Labute approximate surface area is 160 Å². The fourth-order valence-corrected chi connectivity index (χ4v) is 2.87. The molecule has 2 rings (SSSR count). The Balaban J connectivity index is 1.90. The molecule has 0 saturated heterocycles. The Morgan fingerprint density at radius 2 is 1.93 bits per heavy atom. The summed E-state index contributed by atoms with van der Waals surface area (Å²) in [4.78, 5) is 30.0. The number of imidazole rings is 1. The predicted octanol–water partition coefficient (Wildman–Crippen LogP) is 1.78. The van der Waals surface area contributed by atoms with Crippen LogP contribution in [-0.2, 0) is 22.6 Å². The largest absolute Gasteiger partial charge is 0.480 e. The zero-order chi connectivity index (χ0) is 19.6. The third kappa shape index (κ3) is 6.86. The average Bonchev–Trinajstić information content (AvgIpc) is 3.09. The molecule has 2 N–H and O–H groups in total. The summed E-state index contributed by atoms with van der Waals surface area (Å²) in [6, 6.07) is 8.98. The first kappa shape index (κ1) is 20.6. The number of carbonyl (C=O) groups is 2. The van der Waals surface area contributed by atoms with Crippen LogP contribution in [0.25, 0.3) is 0 Å². The quantitative estimate of drug-likeness (QED) is 0.628. The van der Waals surface area contributed by atoms with Crippen LogP contribution in [-0.4, -0.2) is 57.1 Å². The van der Waals surface area contributed by atoms with Gasteiger partial charge in [0.25, 0.3) is 0 Å². The molecule has 0 aliphatic rings. The summed E-state index contributed by atoms with van der Waals surface area (Å²) < 4.78 is 1.91. The molecule has 0 bridgehead atoms. The van der Waals surface area contributed by atoms with Crippen LogP contribution in [0.2, 0.25) is 0 Å². The second-order valence-electron chi connectivity index (χ2n) is 6.46. The summed E-state index contributed by atoms with van der Waals surface area (Å²) in [5, 5.41) is 12.0. The minimum absolute atomic E-state index is 0.161. The van der Waals surface area contributed by atoms with E-state index in [2.05, 4.69) is 15.2 Å². The SMILES string of the molecule is CCN(CC)CCC(=O)N[C@@H](Cc1cn(Cc2ccccc2)cn1)C(=O)O. The number of carboxylic acids is 1. The first-order valence-electron chi connectivity index (χ1n) is 9.30. The van der Waals surface area contributed by atoms with E-state index in [0.29, 0.717) is 18.8 Å². The van der Waals surface area contributed by atoms with Crippen LogP contribution in [0.1, 0.15) is 31.5 Å². The second-order valence-corrected chi connectivity index (χ2v) is 6.46. The van der Waals surface area contributed by atoms with Gasteiger partial charge in [-0.3, -0.25) is 4.79 Å². The third-order valence-electron chi connectivity index (χ3n) is 4.49. The molecule has 7 heteroatoms. The van der Waals surface area contributed by atoms with Gasteiger partial charge in [0.1, 0.15) is 6.04 Å². The summed E-state index contributed by atoms with van der Waals surface area (Å²) in [6.45, 7) is 7.09. The lowest BCUT2D eigenvalue weighted by atomic mass is 10.1. The smallest absolute Gasteiger partial charge is 0.326 e. The third-order valence-corrected chi connectivity index (χ3v) is 4.49. The molecule has 0 spiro atoms. The van der Waals surface area contributed by atoms with Crippen LogP contribution in [0.3, 0.4) is 0 Å². The van der Waals surface area contributed by atoms with Crippen LogP contribution >= 0.6 is 0 Å².